The second-order valence-electron chi connectivity index (χ2n) is 7.60. The first-order valence-electron chi connectivity index (χ1n) is 10.3. The number of thiophene rings is 1. The number of benzene rings is 3. The fourth-order valence-corrected chi connectivity index (χ4v) is 5.37. The molecule has 5 aromatic rings. The summed E-state index contributed by atoms with van der Waals surface area (Å²) in [6, 6.07) is 18.9. The third-order valence-electron chi connectivity index (χ3n) is 5.48. The molecular weight excluding hydrogens is 471 g/mol. The summed E-state index contributed by atoms with van der Waals surface area (Å²) in [5.74, 6) is -0.994. The predicted octanol–water partition coefficient (Wildman–Crippen LogP) is 6.67. The molecule has 34 heavy (non-hydrogen) atoms. The highest BCUT2D eigenvalue weighted by Gasteiger charge is 2.25. The summed E-state index contributed by atoms with van der Waals surface area (Å²) in [5, 5.41) is 0. The first-order chi connectivity index (χ1) is 16.5. The van der Waals surface area contributed by atoms with Gasteiger partial charge in [-0.25, -0.2) is 4.39 Å². The zero-order valence-corrected chi connectivity index (χ0v) is 19.8. The molecule has 0 saturated heterocycles. The highest BCUT2D eigenvalue weighted by Crippen LogP contribution is 2.39. The molecular formula is C26H17FN2O3S2. The molecule has 0 aliphatic carbocycles. The van der Waals surface area contributed by atoms with Crippen LogP contribution in [0.3, 0.4) is 0 Å². The van der Waals surface area contributed by atoms with E-state index in [1.807, 2.05) is 24.3 Å². The van der Waals surface area contributed by atoms with Gasteiger partial charge in [0.25, 0.3) is 0 Å². The quantitative estimate of drug-likeness (QED) is 0.250. The Balaban J connectivity index is 1.60. The van der Waals surface area contributed by atoms with Gasteiger partial charge in [0.2, 0.25) is 5.78 Å². The molecule has 0 atom stereocenters. The number of Topliss-reactive ketones (excluding diaryl/α,β-unsaturated/α-hetero) is 1. The van der Waals surface area contributed by atoms with Gasteiger partial charge in [-0.3, -0.25) is 9.59 Å². The van der Waals surface area contributed by atoms with Crippen LogP contribution in [0.2, 0.25) is 0 Å². The van der Waals surface area contributed by atoms with Gasteiger partial charge in [-0.2, -0.15) is 8.75 Å². The van der Waals surface area contributed by atoms with E-state index >= 15 is 4.39 Å². The smallest absolute Gasteiger partial charge is 0.207 e. The van der Waals surface area contributed by atoms with Crippen LogP contribution >= 0.6 is 23.1 Å². The highest BCUT2D eigenvalue weighted by atomic mass is 32.1. The molecule has 168 valence electrons. The fraction of sp³-hybridized carbons (Fsp3) is 0.0769. The number of hydrogen-bond donors (Lipinski definition) is 0. The van der Waals surface area contributed by atoms with Crippen molar-refractivity contribution in [2.24, 2.45) is 0 Å². The lowest BCUT2D eigenvalue weighted by molar-refractivity contribution is 0.0990. The molecule has 3 aromatic carbocycles. The van der Waals surface area contributed by atoms with Crippen LogP contribution < -0.4 is 4.74 Å². The van der Waals surface area contributed by atoms with Crippen LogP contribution in [-0.2, 0) is 0 Å². The number of fused-ring (bicyclic) bond motifs is 1. The maximum atomic E-state index is 15.1. The maximum Gasteiger partial charge on any atom is 0.207 e. The molecule has 0 aliphatic rings. The van der Waals surface area contributed by atoms with Crippen molar-refractivity contribution in [2.75, 3.05) is 7.11 Å². The molecule has 0 aliphatic heterocycles. The average Bonchev–Trinajstić information content (AvgIpc) is 3.50. The van der Waals surface area contributed by atoms with Gasteiger partial charge in [-0.05, 0) is 48.4 Å². The SMILES string of the molecule is COc1cc(-c2ccc3nsnc3c2)sc1C(=O)c1cc(F)c(-c2ccccc2)cc1C(C)=O. The third kappa shape index (κ3) is 3.91. The summed E-state index contributed by atoms with van der Waals surface area (Å²) in [7, 11) is 1.47. The van der Waals surface area contributed by atoms with Gasteiger partial charge in [0, 0.05) is 21.6 Å². The molecule has 2 heterocycles. The van der Waals surface area contributed by atoms with Crippen LogP contribution in [0.5, 0.6) is 5.75 Å². The monoisotopic (exact) mass is 488 g/mol. The van der Waals surface area contributed by atoms with Crippen LogP contribution in [0.4, 0.5) is 4.39 Å². The van der Waals surface area contributed by atoms with E-state index in [0.717, 1.165) is 39.3 Å². The van der Waals surface area contributed by atoms with Gasteiger partial charge in [-0.1, -0.05) is 36.4 Å². The third-order valence-corrected chi connectivity index (χ3v) is 7.20. The Morgan fingerprint density at radius 1 is 0.882 bits per heavy atom. The Labute approximate surface area is 202 Å². The minimum Gasteiger partial charge on any atom is -0.495 e. The minimum atomic E-state index is -0.572. The minimum absolute atomic E-state index is 0.00975. The lowest BCUT2D eigenvalue weighted by Crippen LogP contribution is -2.09. The van der Waals surface area contributed by atoms with E-state index in [9.17, 15) is 9.59 Å². The van der Waals surface area contributed by atoms with Crippen molar-refractivity contribution in [2.45, 2.75) is 6.92 Å². The summed E-state index contributed by atoms with van der Waals surface area (Å²) < 4.78 is 29.1. The van der Waals surface area contributed by atoms with E-state index in [-0.39, 0.29) is 22.5 Å². The number of aromatic nitrogens is 2. The Kier molecular flexibility index (Phi) is 5.77. The number of rotatable bonds is 6. The Morgan fingerprint density at radius 2 is 1.65 bits per heavy atom. The van der Waals surface area contributed by atoms with Crippen molar-refractivity contribution >= 4 is 45.7 Å². The van der Waals surface area contributed by atoms with Gasteiger partial charge in [0.15, 0.2) is 5.78 Å². The van der Waals surface area contributed by atoms with Crippen molar-refractivity contribution in [1.29, 1.82) is 0 Å². The summed E-state index contributed by atoms with van der Waals surface area (Å²) >= 11 is 2.36. The van der Waals surface area contributed by atoms with E-state index in [1.165, 1.54) is 31.4 Å². The Bertz CT molecular complexity index is 1560. The Hall–Kier alpha value is -3.75. The number of methoxy groups -OCH3 is 1. The van der Waals surface area contributed by atoms with Crippen molar-refractivity contribution in [3.63, 3.8) is 0 Å². The van der Waals surface area contributed by atoms with Crippen LogP contribution in [0.15, 0.2) is 66.7 Å². The van der Waals surface area contributed by atoms with Gasteiger partial charge in [0.1, 0.15) is 27.5 Å². The fourth-order valence-electron chi connectivity index (χ4n) is 3.78. The molecule has 0 unspecified atom stereocenters. The molecule has 0 spiro atoms. The molecule has 0 fully saturated rings. The van der Waals surface area contributed by atoms with E-state index < -0.39 is 11.6 Å². The van der Waals surface area contributed by atoms with Gasteiger partial charge in [-0.15, -0.1) is 11.3 Å². The zero-order chi connectivity index (χ0) is 23.8. The molecule has 0 N–H and O–H groups in total. The number of nitrogens with zero attached hydrogens (tertiary/aromatic N) is 2. The van der Waals surface area contributed by atoms with Crippen molar-refractivity contribution < 1.29 is 18.7 Å². The number of halogens is 1. The molecule has 8 heteroatoms. The Morgan fingerprint density at radius 3 is 2.38 bits per heavy atom. The summed E-state index contributed by atoms with van der Waals surface area (Å²) in [5.41, 5.74) is 3.50. The first-order valence-corrected chi connectivity index (χ1v) is 11.9. The summed E-state index contributed by atoms with van der Waals surface area (Å²) in [6.45, 7) is 1.37. The zero-order valence-electron chi connectivity index (χ0n) is 18.2. The number of hydrogen-bond acceptors (Lipinski definition) is 7. The topological polar surface area (TPSA) is 69.2 Å². The highest BCUT2D eigenvalue weighted by molar-refractivity contribution is 7.18. The summed E-state index contributed by atoms with van der Waals surface area (Å²) in [4.78, 5) is 27.1. The predicted molar refractivity (Wildman–Crippen MR) is 133 cm³/mol. The van der Waals surface area contributed by atoms with E-state index in [1.54, 1.807) is 30.3 Å². The lowest BCUT2D eigenvalue weighted by Gasteiger charge is -2.11. The van der Waals surface area contributed by atoms with Crippen LogP contribution in [0.25, 0.3) is 32.6 Å². The van der Waals surface area contributed by atoms with Crippen molar-refractivity contribution in [3.8, 4) is 27.3 Å². The largest absolute Gasteiger partial charge is 0.495 e. The van der Waals surface area contributed by atoms with E-state index in [4.69, 9.17) is 4.74 Å². The number of ketones is 2. The van der Waals surface area contributed by atoms with E-state index in [0.29, 0.717) is 16.2 Å². The number of carbonyl (C=O) groups excluding carboxylic acids is 2. The maximum absolute atomic E-state index is 15.1. The standard InChI is InChI=1S/C26H17FN2O3S2/c1-14(30)17-11-18(15-6-4-3-5-7-15)20(27)12-19(17)25(31)26-23(32-2)13-24(33-26)16-8-9-21-22(10-16)29-34-28-21/h3-13H,1-2H3. The molecule has 0 amide bonds. The first kappa shape index (κ1) is 22.1. The van der Waals surface area contributed by atoms with Crippen LogP contribution in [-0.4, -0.2) is 27.4 Å². The van der Waals surface area contributed by atoms with Gasteiger partial charge < -0.3 is 4.74 Å². The van der Waals surface area contributed by atoms with Crippen molar-refractivity contribution in [1.82, 2.24) is 8.75 Å². The van der Waals surface area contributed by atoms with Crippen LogP contribution in [0, 0.1) is 5.82 Å². The second kappa shape index (κ2) is 8.89. The number of ether oxygens (including phenoxy) is 1. The molecule has 0 radical (unpaired) electrons. The number of carbonyl (C=O) groups is 2. The van der Waals surface area contributed by atoms with E-state index in [2.05, 4.69) is 8.75 Å². The lowest BCUT2D eigenvalue weighted by atomic mass is 9.94. The normalized spacial score (nSPS) is 11.0. The van der Waals surface area contributed by atoms with Gasteiger partial charge in [0.05, 0.1) is 18.8 Å². The molecule has 0 saturated carbocycles. The average molecular weight is 489 g/mol. The molecule has 5 nitrogen and oxygen atoms in total. The van der Waals surface area contributed by atoms with Gasteiger partial charge >= 0.3 is 0 Å². The molecule has 0 bridgehead atoms. The second-order valence-corrected chi connectivity index (χ2v) is 9.19. The van der Waals surface area contributed by atoms with Crippen molar-refractivity contribution in [3.05, 3.63) is 88.6 Å². The molecule has 5 rings (SSSR count). The summed E-state index contributed by atoms with van der Waals surface area (Å²) in [6.07, 6.45) is 0. The van der Waals surface area contributed by atoms with Crippen LogP contribution in [0.1, 0.15) is 32.5 Å². The molecule has 2 aromatic heterocycles.